The van der Waals surface area contributed by atoms with Crippen LogP contribution in [0.15, 0.2) is 48.5 Å². The molecular weight excluding hydrogens is 352 g/mol. The number of carbonyl (C=O) groups is 1. The van der Waals surface area contributed by atoms with Gasteiger partial charge in [-0.1, -0.05) is 30.3 Å². The Labute approximate surface area is 166 Å². The summed E-state index contributed by atoms with van der Waals surface area (Å²) < 4.78 is 4.93. The van der Waals surface area contributed by atoms with Gasteiger partial charge in [0.1, 0.15) is 0 Å². The molecule has 148 valence electrons. The predicted octanol–water partition coefficient (Wildman–Crippen LogP) is 3.60. The monoisotopic (exact) mass is 380 g/mol. The number of carbonyl (C=O) groups excluding carboxylic acids is 1. The quantitative estimate of drug-likeness (QED) is 0.750. The topological polar surface area (TPSA) is 61.8 Å². The molecule has 5 heteroatoms. The van der Waals surface area contributed by atoms with Crippen LogP contribution in [0.4, 0.5) is 5.69 Å². The van der Waals surface area contributed by atoms with Gasteiger partial charge in [-0.3, -0.25) is 4.90 Å². The van der Waals surface area contributed by atoms with Gasteiger partial charge in [0, 0.05) is 36.8 Å². The summed E-state index contributed by atoms with van der Waals surface area (Å²) in [4.78, 5) is 14.6. The highest BCUT2D eigenvalue weighted by molar-refractivity contribution is 5.90. The van der Waals surface area contributed by atoms with E-state index in [1.807, 2.05) is 24.3 Å². The molecule has 3 atom stereocenters. The molecule has 2 aromatic rings. The first-order chi connectivity index (χ1) is 13.7. The number of hydrogen-bond donors (Lipinski definition) is 2. The van der Waals surface area contributed by atoms with Gasteiger partial charge in [-0.2, -0.15) is 0 Å². The van der Waals surface area contributed by atoms with Crippen molar-refractivity contribution >= 4 is 11.7 Å². The molecular formula is C23H28N2O3. The first-order valence-corrected chi connectivity index (χ1v) is 10.1. The van der Waals surface area contributed by atoms with Crippen LogP contribution >= 0.6 is 0 Å². The van der Waals surface area contributed by atoms with Crippen LogP contribution in [0.3, 0.4) is 0 Å². The van der Waals surface area contributed by atoms with Crippen LogP contribution in [0.25, 0.3) is 0 Å². The summed E-state index contributed by atoms with van der Waals surface area (Å²) in [5.74, 6) is 0.171. The fourth-order valence-corrected chi connectivity index (χ4v) is 4.81. The summed E-state index contributed by atoms with van der Waals surface area (Å²) in [5, 5.41) is 13.0. The van der Waals surface area contributed by atoms with Gasteiger partial charge in [-0.15, -0.1) is 0 Å². The molecule has 5 nitrogen and oxygen atoms in total. The molecule has 0 unspecified atom stereocenters. The summed E-state index contributed by atoms with van der Waals surface area (Å²) in [6.07, 6.45) is 2.87. The lowest BCUT2D eigenvalue weighted by atomic mass is 9.80. The summed E-state index contributed by atoms with van der Waals surface area (Å²) in [6, 6.07) is 17.0. The SMILES string of the molecule is COC(=O)c1ccc2c(c1)[C@@H]1[C@@H](CCN1Cc1ccccc1)[C@H](CCCO)N2. The van der Waals surface area contributed by atoms with E-state index in [2.05, 4.69) is 34.5 Å². The van der Waals surface area contributed by atoms with Crippen LogP contribution in [0, 0.1) is 5.92 Å². The molecule has 2 heterocycles. The molecule has 0 bridgehead atoms. The molecule has 0 radical (unpaired) electrons. The van der Waals surface area contributed by atoms with E-state index in [9.17, 15) is 9.90 Å². The number of fused-ring (bicyclic) bond motifs is 3. The number of aliphatic hydroxyl groups is 1. The van der Waals surface area contributed by atoms with Crippen LogP contribution in [0.1, 0.15) is 46.8 Å². The number of rotatable bonds is 6. The number of esters is 1. The molecule has 28 heavy (non-hydrogen) atoms. The van der Waals surface area contributed by atoms with Gasteiger partial charge < -0.3 is 15.2 Å². The molecule has 2 aliphatic rings. The van der Waals surface area contributed by atoms with Crippen LogP contribution in [-0.4, -0.2) is 42.3 Å². The van der Waals surface area contributed by atoms with Gasteiger partial charge >= 0.3 is 5.97 Å². The molecule has 2 aromatic carbocycles. The third-order valence-corrected chi connectivity index (χ3v) is 6.10. The molecule has 4 rings (SSSR count). The van der Waals surface area contributed by atoms with Crippen molar-refractivity contribution in [3.8, 4) is 0 Å². The normalized spacial score (nSPS) is 23.6. The van der Waals surface area contributed by atoms with E-state index in [0.717, 1.165) is 38.0 Å². The van der Waals surface area contributed by atoms with Crippen molar-refractivity contribution in [1.82, 2.24) is 4.90 Å². The number of aliphatic hydroxyl groups excluding tert-OH is 1. The van der Waals surface area contributed by atoms with E-state index in [1.165, 1.54) is 18.2 Å². The average Bonchev–Trinajstić information content (AvgIpc) is 3.16. The minimum atomic E-state index is -0.297. The number of hydrogen-bond acceptors (Lipinski definition) is 5. The summed E-state index contributed by atoms with van der Waals surface area (Å²) in [6.45, 7) is 2.15. The highest BCUT2D eigenvalue weighted by atomic mass is 16.5. The zero-order valence-electron chi connectivity index (χ0n) is 16.3. The Morgan fingerprint density at radius 2 is 2.07 bits per heavy atom. The third-order valence-electron chi connectivity index (χ3n) is 6.10. The van der Waals surface area contributed by atoms with Gasteiger partial charge in [0.2, 0.25) is 0 Å². The van der Waals surface area contributed by atoms with E-state index in [0.29, 0.717) is 17.5 Å². The maximum absolute atomic E-state index is 12.1. The van der Waals surface area contributed by atoms with Crippen molar-refractivity contribution in [3.63, 3.8) is 0 Å². The number of nitrogens with one attached hydrogen (secondary N) is 1. The number of ether oxygens (including phenoxy) is 1. The van der Waals surface area contributed by atoms with Gasteiger partial charge in [0.25, 0.3) is 0 Å². The first kappa shape index (κ1) is 19.0. The average molecular weight is 380 g/mol. The zero-order valence-corrected chi connectivity index (χ0v) is 16.3. The summed E-state index contributed by atoms with van der Waals surface area (Å²) in [7, 11) is 1.42. The molecule has 2 aliphatic heterocycles. The summed E-state index contributed by atoms with van der Waals surface area (Å²) in [5.41, 5.74) is 4.18. The van der Waals surface area contributed by atoms with E-state index in [4.69, 9.17) is 4.74 Å². The zero-order chi connectivity index (χ0) is 19.5. The van der Waals surface area contributed by atoms with Gasteiger partial charge in [-0.25, -0.2) is 4.79 Å². The molecule has 0 saturated carbocycles. The van der Waals surface area contributed by atoms with E-state index >= 15 is 0 Å². The molecule has 2 N–H and O–H groups in total. The van der Waals surface area contributed by atoms with E-state index < -0.39 is 0 Å². The third kappa shape index (κ3) is 3.64. The molecule has 0 aliphatic carbocycles. The van der Waals surface area contributed by atoms with Crippen molar-refractivity contribution in [1.29, 1.82) is 0 Å². The number of anilines is 1. The number of benzene rings is 2. The van der Waals surface area contributed by atoms with Crippen LogP contribution < -0.4 is 5.32 Å². The Kier molecular flexibility index (Phi) is 5.64. The fraction of sp³-hybridized carbons (Fsp3) is 0.435. The van der Waals surface area contributed by atoms with Crippen molar-refractivity contribution in [2.75, 3.05) is 25.6 Å². The Balaban J connectivity index is 1.68. The van der Waals surface area contributed by atoms with Crippen molar-refractivity contribution < 1.29 is 14.6 Å². The lowest BCUT2D eigenvalue weighted by Gasteiger charge is -2.40. The Bertz CT molecular complexity index is 824. The van der Waals surface area contributed by atoms with Crippen molar-refractivity contribution in [3.05, 3.63) is 65.2 Å². The second-order valence-electron chi connectivity index (χ2n) is 7.76. The summed E-state index contributed by atoms with van der Waals surface area (Å²) >= 11 is 0. The number of likely N-dealkylation sites (tertiary alicyclic amines) is 1. The smallest absolute Gasteiger partial charge is 0.337 e. The van der Waals surface area contributed by atoms with E-state index in [-0.39, 0.29) is 18.6 Å². The second kappa shape index (κ2) is 8.33. The highest BCUT2D eigenvalue weighted by Crippen LogP contribution is 2.48. The Morgan fingerprint density at radius 3 is 2.82 bits per heavy atom. The number of nitrogens with zero attached hydrogens (tertiary/aromatic N) is 1. The van der Waals surface area contributed by atoms with Crippen LogP contribution in [0.2, 0.25) is 0 Å². The molecule has 1 saturated heterocycles. The van der Waals surface area contributed by atoms with Crippen LogP contribution in [-0.2, 0) is 11.3 Å². The van der Waals surface area contributed by atoms with Gasteiger partial charge in [0.15, 0.2) is 0 Å². The molecule has 0 aromatic heterocycles. The van der Waals surface area contributed by atoms with Crippen molar-refractivity contribution in [2.45, 2.75) is 37.9 Å². The fourth-order valence-electron chi connectivity index (χ4n) is 4.81. The minimum Gasteiger partial charge on any atom is -0.465 e. The maximum atomic E-state index is 12.1. The molecule has 1 fully saturated rings. The lowest BCUT2D eigenvalue weighted by Crippen LogP contribution is -2.39. The van der Waals surface area contributed by atoms with Crippen molar-refractivity contribution in [2.24, 2.45) is 5.92 Å². The second-order valence-corrected chi connectivity index (χ2v) is 7.76. The Hall–Kier alpha value is -2.37. The number of methoxy groups -OCH3 is 1. The lowest BCUT2D eigenvalue weighted by molar-refractivity contribution is 0.0600. The standard InChI is InChI=1S/C23H28N2O3/c1-28-23(27)17-9-10-21-19(14-17)22-18(20(24-21)8-5-13-26)11-12-25(22)15-16-6-3-2-4-7-16/h2-4,6-7,9-10,14,18,20,22,24,26H,5,8,11-13,15H2,1H3/t18-,20-,22-/m0/s1. The Morgan fingerprint density at radius 1 is 1.25 bits per heavy atom. The minimum absolute atomic E-state index is 0.220. The largest absolute Gasteiger partial charge is 0.465 e. The first-order valence-electron chi connectivity index (χ1n) is 10.1. The molecule has 0 spiro atoms. The maximum Gasteiger partial charge on any atom is 0.337 e. The van der Waals surface area contributed by atoms with Gasteiger partial charge in [-0.05, 0) is 55.1 Å². The predicted molar refractivity (Wildman–Crippen MR) is 109 cm³/mol. The van der Waals surface area contributed by atoms with Gasteiger partial charge in [0.05, 0.1) is 12.7 Å². The highest BCUT2D eigenvalue weighted by Gasteiger charge is 2.43. The molecule has 0 amide bonds. The van der Waals surface area contributed by atoms with E-state index in [1.54, 1.807) is 0 Å². The van der Waals surface area contributed by atoms with Crippen LogP contribution in [0.5, 0.6) is 0 Å².